The SMILES string of the molecule is CCCCc1cc(CCC(N)=O)oc1C(C)CC. The zero-order chi connectivity index (χ0) is 13.5. The van der Waals surface area contributed by atoms with Gasteiger partial charge in [0.25, 0.3) is 0 Å². The zero-order valence-electron chi connectivity index (χ0n) is 11.8. The van der Waals surface area contributed by atoms with Crippen molar-refractivity contribution in [2.75, 3.05) is 0 Å². The molecule has 1 heterocycles. The molecule has 1 rings (SSSR count). The Bertz CT molecular complexity index is 382. The van der Waals surface area contributed by atoms with Crippen molar-refractivity contribution in [3.05, 3.63) is 23.2 Å². The van der Waals surface area contributed by atoms with Crippen LogP contribution in [0.4, 0.5) is 0 Å². The second kappa shape index (κ2) is 7.24. The molecule has 3 nitrogen and oxygen atoms in total. The Morgan fingerprint density at radius 1 is 1.39 bits per heavy atom. The van der Waals surface area contributed by atoms with E-state index in [0.29, 0.717) is 18.8 Å². The molecule has 1 amide bonds. The van der Waals surface area contributed by atoms with E-state index in [1.807, 2.05) is 0 Å². The minimum Gasteiger partial charge on any atom is -0.465 e. The van der Waals surface area contributed by atoms with Gasteiger partial charge in [-0.1, -0.05) is 27.2 Å². The molecule has 0 saturated heterocycles. The first-order chi connectivity index (χ1) is 8.58. The van der Waals surface area contributed by atoms with E-state index < -0.39 is 0 Å². The Morgan fingerprint density at radius 3 is 2.67 bits per heavy atom. The smallest absolute Gasteiger partial charge is 0.217 e. The molecule has 1 aromatic heterocycles. The zero-order valence-corrected chi connectivity index (χ0v) is 11.8. The average molecular weight is 251 g/mol. The number of carbonyl (C=O) groups excluding carboxylic acids is 1. The van der Waals surface area contributed by atoms with Crippen molar-refractivity contribution in [3.63, 3.8) is 0 Å². The third-order valence-corrected chi connectivity index (χ3v) is 3.37. The van der Waals surface area contributed by atoms with Gasteiger partial charge in [-0.3, -0.25) is 4.79 Å². The van der Waals surface area contributed by atoms with Crippen molar-refractivity contribution in [2.45, 2.75) is 65.2 Å². The Kier molecular flexibility index (Phi) is 5.96. The van der Waals surface area contributed by atoms with Gasteiger partial charge in [0, 0.05) is 18.8 Å². The predicted molar refractivity (Wildman–Crippen MR) is 73.5 cm³/mol. The number of amides is 1. The van der Waals surface area contributed by atoms with Crippen LogP contribution in [0.3, 0.4) is 0 Å². The Hall–Kier alpha value is -1.25. The van der Waals surface area contributed by atoms with E-state index >= 15 is 0 Å². The number of hydrogen-bond acceptors (Lipinski definition) is 2. The molecule has 0 saturated carbocycles. The standard InChI is InChI=1S/C15H25NO2/c1-4-6-7-12-10-13(8-9-14(16)17)18-15(12)11(3)5-2/h10-11H,4-9H2,1-3H3,(H2,16,17). The van der Waals surface area contributed by atoms with E-state index in [1.54, 1.807) is 0 Å². The van der Waals surface area contributed by atoms with Crippen LogP contribution in [0.15, 0.2) is 10.5 Å². The predicted octanol–water partition coefficient (Wildman–Crippen LogP) is 3.55. The number of unbranched alkanes of at least 4 members (excludes halogenated alkanes) is 1. The van der Waals surface area contributed by atoms with E-state index in [0.717, 1.165) is 24.4 Å². The highest BCUT2D eigenvalue weighted by Gasteiger charge is 2.16. The number of furan rings is 1. The number of aryl methyl sites for hydroxylation is 2. The van der Waals surface area contributed by atoms with Crippen molar-refractivity contribution in [1.82, 2.24) is 0 Å². The van der Waals surface area contributed by atoms with Crippen LogP contribution < -0.4 is 5.73 Å². The summed E-state index contributed by atoms with van der Waals surface area (Å²) in [7, 11) is 0. The monoisotopic (exact) mass is 251 g/mol. The summed E-state index contributed by atoms with van der Waals surface area (Å²) in [6.07, 6.45) is 5.48. The van der Waals surface area contributed by atoms with Gasteiger partial charge in [0.1, 0.15) is 11.5 Å². The molecule has 0 radical (unpaired) electrons. The summed E-state index contributed by atoms with van der Waals surface area (Å²) in [6, 6.07) is 2.11. The van der Waals surface area contributed by atoms with Gasteiger partial charge in [0.2, 0.25) is 5.91 Å². The first kappa shape index (κ1) is 14.8. The highest BCUT2D eigenvalue weighted by atomic mass is 16.3. The maximum Gasteiger partial charge on any atom is 0.217 e. The first-order valence-corrected chi connectivity index (χ1v) is 6.98. The average Bonchev–Trinajstić information content (AvgIpc) is 2.76. The van der Waals surface area contributed by atoms with Crippen LogP contribution in [-0.2, 0) is 17.6 Å². The van der Waals surface area contributed by atoms with Crippen molar-refractivity contribution < 1.29 is 9.21 Å². The lowest BCUT2D eigenvalue weighted by atomic mass is 9.99. The third kappa shape index (κ3) is 4.21. The van der Waals surface area contributed by atoms with Gasteiger partial charge in [-0.2, -0.15) is 0 Å². The fourth-order valence-corrected chi connectivity index (χ4v) is 2.04. The highest BCUT2D eigenvalue weighted by Crippen LogP contribution is 2.28. The molecule has 0 aliphatic heterocycles. The quantitative estimate of drug-likeness (QED) is 0.768. The van der Waals surface area contributed by atoms with E-state index in [4.69, 9.17) is 10.2 Å². The van der Waals surface area contributed by atoms with Gasteiger partial charge in [0.15, 0.2) is 0 Å². The van der Waals surface area contributed by atoms with Gasteiger partial charge in [-0.25, -0.2) is 0 Å². The van der Waals surface area contributed by atoms with Crippen molar-refractivity contribution >= 4 is 5.91 Å². The molecule has 0 aliphatic carbocycles. The molecule has 1 aromatic rings. The van der Waals surface area contributed by atoms with Gasteiger partial charge >= 0.3 is 0 Å². The minimum atomic E-state index is -0.272. The minimum absolute atomic E-state index is 0.272. The van der Waals surface area contributed by atoms with Crippen LogP contribution in [0.25, 0.3) is 0 Å². The van der Waals surface area contributed by atoms with E-state index in [9.17, 15) is 4.79 Å². The number of nitrogens with two attached hydrogens (primary N) is 1. The lowest BCUT2D eigenvalue weighted by Gasteiger charge is -2.07. The molecular weight excluding hydrogens is 226 g/mol. The molecule has 1 unspecified atom stereocenters. The van der Waals surface area contributed by atoms with Crippen molar-refractivity contribution in [3.8, 4) is 0 Å². The number of primary amides is 1. The maximum absolute atomic E-state index is 10.8. The van der Waals surface area contributed by atoms with Crippen molar-refractivity contribution in [2.24, 2.45) is 5.73 Å². The van der Waals surface area contributed by atoms with E-state index in [2.05, 4.69) is 26.8 Å². The summed E-state index contributed by atoms with van der Waals surface area (Å²) in [5.41, 5.74) is 6.48. The number of rotatable bonds is 8. The largest absolute Gasteiger partial charge is 0.465 e. The molecule has 0 bridgehead atoms. The molecular formula is C15H25NO2. The Morgan fingerprint density at radius 2 is 2.11 bits per heavy atom. The third-order valence-electron chi connectivity index (χ3n) is 3.37. The molecule has 0 aromatic carbocycles. The summed E-state index contributed by atoms with van der Waals surface area (Å²) >= 11 is 0. The van der Waals surface area contributed by atoms with Gasteiger partial charge in [0.05, 0.1) is 0 Å². The van der Waals surface area contributed by atoms with Crippen LogP contribution in [0.2, 0.25) is 0 Å². The second-order valence-electron chi connectivity index (χ2n) is 4.98. The first-order valence-electron chi connectivity index (χ1n) is 6.98. The topological polar surface area (TPSA) is 56.2 Å². The number of carbonyl (C=O) groups is 1. The summed E-state index contributed by atoms with van der Waals surface area (Å²) in [5, 5.41) is 0. The molecule has 3 heteroatoms. The summed E-state index contributed by atoms with van der Waals surface area (Å²) in [5.74, 6) is 2.17. The van der Waals surface area contributed by atoms with Gasteiger partial charge in [-0.15, -0.1) is 0 Å². The Labute approximate surface area is 110 Å². The second-order valence-corrected chi connectivity index (χ2v) is 4.98. The molecule has 2 N–H and O–H groups in total. The van der Waals surface area contributed by atoms with Gasteiger partial charge in [-0.05, 0) is 30.9 Å². The number of hydrogen-bond donors (Lipinski definition) is 1. The molecule has 0 spiro atoms. The van der Waals surface area contributed by atoms with Crippen LogP contribution in [-0.4, -0.2) is 5.91 Å². The lowest BCUT2D eigenvalue weighted by Crippen LogP contribution is -2.10. The van der Waals surface area contributed by atoms with Crippen LogP contribution >= 0.6 is 0 Å². The molecule has 18 heavy (non-hydrogen) atoms. The van der Waals surface area contributed by atoms with Crippen LogP contribution in [0, 0.1) is 0 Å². The highest BCUT2D eigenvalue weighted by molar-refractivity contribution is 5.73. The maximum atomic E-state index is 10.8. The fraction of sp³-hybridized carbons (Fsp3) is 0.667. The summed E-state index contributed by atoms with van der Waals surface area (Å²) < 4.78 is 5.91. The molecule has 0 fully saturated rings. The van der Waals surface area contributed by atoms with Crippen molar-refractivity contribution in [1.29, 1.82) is 0 Å². The van der Waals surface area contributed by atoms with E-state index in [-0.39, 0.29) is 5.91 Å². The molecule has 0 aliphatic rings. The Balaban J connectivity index is 2.81. The van der Waals surface area contributed by atoms with Crippen LogP contribution in [0.1, 0.15) is 69.5 Å². The summed E-state index contributed by atoms with van der Waals surface area (Å²) in [6.45, 7) is 6.54. The summed E-state index contributed by atoms with van der Waals surface area (Å²) in [4.78, 5) is 10.8. The fourth-order valence-electron chi connectivity index (χ4n) is 2.04. The molecule has 102 valence electrons. The van der Waals surface area contributed by atoms with E-state index in [1.165, 1.54) is 18.4 Å². The lowest BCUT2D eigenvalue weighted by molar-refractivity contribution is -0.118. The van der Waals surface area contributed by atoms with Crippen LogP contribution in [0.5, 0.6) is 0 Å². The molecule has 1 atom stereocenters. The van der Waals surface area contributed by atoms with Gasteiger partial charge < -0.3 is 10.2 Å². The normalized spacial score (nSPS) is 12.6.